The molecule has 0 heterocycles. The first-order valence-corrected chi connectivity index (χ1v) is 8.92. The minimum absolute atomic E-state index is 0.470. The lowest BCUT2D eigenvalue weighted by atomic mass is 9.84. The highest BCUT2D eigenvalue weighted by Gasteiger charge is 2.16. The van der Waals surface area contributed by atoms with Gasteiger partial charge in [-0.25, -0.2) is 0 Å². The van der Waals surface area contributed by atoms with Gasteiger partial charge in [-0.3, -0.25) is 0 Å². The fourth-order valence-corrected chi connectivity index (χ4v) is 3.65. The Kier molecular flexibility index (Phi) is 4.11. The molecule has 122 valence electrons. The van der Waals surface area contributed by atoms with Crippen molar-refractivity contribution in [3.63, 3.8) is 0 Å². The van der Waals surface area contributed by atoms with Gasteiger partial charge in [-0.2, -0.15) is 0 Å². The molecule has 0 aliphatic rings. The number of rotatable bonds is 3. The summed E-state index contributed by atoms with van der Waals surface area (Å²) in [6.07, 6.45) is 0. The van der Waals surface area contributed by atoms with Crippen LogP contribution in [0.5, 0.6) is 0 Å². The van der Waals surface area contributed by atoms with E-state index in [1.165, 1.54) is 38.6 Å². The van der Waals surface area contributed by atoms with Gasteiger partial charge < -0.3 is 0 Å². The predicted octanol–water partition coefficient (Wildman–Crippen LogP) is 7.30. The SMILES string of the molecule is CC(C)c1cccc(-c2ccccc2)c1-c1cccc2ccccc12. The monoisotopic (exact) mass is 322 g/mol. The predicted molar refractivity (Wildman–Crippen MR) is 109 cm³/mol. The van der Waals surface area contributed by atoms with Crippen LogP contribution in [0.2, 0.25) is 0 Å². The highest BCUT2D eigenvalue weighted by molar-refractivity contribution is 6.01. The van der Waals surface area contributed by atoms with E-state index in [0.717, 1.165) is 0 Å². The molecular weight excluding hydrogens is 300 g/mol. The maximum absolute atomic E-state index is 2.28. The smallest absolute Gasteiger partial charge is 0.00645 e. The number of fused-ring (bicyclic) bond motifs is 1. The number of hydrogen-bond donors (Lipinski definition) is 0. The average molecular weight is 322 g/mol. The third kappa shape index (κ3) is 2.85. The maximum Gasteiger partial charge on any atom is -0.00645 e. The van der Waals surface area contributed by atoms with Crippen molar-refractivity contribution in [2.45, 2.75) is 19.8 Å². The van der Waals surface area contributed by atoms with Crippen molar-refractivity contribution in [2.24, 2.45) is 0 Å². The highest BCUT2D eigenvalue weighted by Crippen LogP contribution is 2.40. The fraction of sp³-hybridized carbons (Fsp3) is 0.120. The van der Waals surface area contributed by atoms with E-state index in [9.17, 15) is 0 Å². The maximum atomic E-state index is 2.28. The molecule has 0 unspecified atom stereocenters. The molecule has 0 N–H and O–H groups in total. The molecule has 0 bridgehead atoms. The summed E-state index contributed by atoms with van der Waals surface area (Å²) >= 11 is 0. The molecule has 0 saturated heterocycles. The summed E-state index contributed by atoms with van der Waals surface area (Å²) in [7, 11) is 0. The van der Waals surface area contributed by atoms with Gasteiger partial charge in [-0.05, 0) is 44.5 Å². The minimum Gasteiger partial charge on any atom is -0.0622 e. The van der Waals surface area contributed by atoms with Crippen LogP contribution in [-0.4, -0.2) is 0 Å². The van der Waals surface area contributed by atoms with Gasteiger partial charge in [0.05, 0.1) is 0 Å². The molecule has 0 nitrogen and oxygen atoms in total. The molecule has 0 aliphatic carbocycles. The molecule has 0 spiro atoms. The molecule has 0 aliphatic heterocycles. The van der Waals surface area contributed by atoms with Crippen molar-refractivity contribution in [2.75, 3.05) is 0 Å². The Morgan fingerprint density at radius 1 is 0.560 bits per heavy atom. The zero-order chi connectivity index (χ0) is 17.2. The first kappa shape index (κ1) is 15.7. The molecule has 0 atom stereocenters. The summed E-state index contributed by atoms with van der Waals surface area (Å²) in [6, 6.07) is 32.7. The number of hydrogen-bond acceptors (Lipinski definition) is 0. The van der Waals surface area contributed by atoms with Crippen molar-refractivity contribution in [1.29, 1.82) is 0 Å². The molecule has 0 fully saturated rings. The largest absolute Gasteiger partial charge is 0.0622 e. The zero-order valence-electron chi connectivity index (χ0n) is 14.7. The van der Waals surface area contributed by atoms with Crippen molar-refractivity contribution in [3.8, 4) is 22.3 Å². The number of benzene rings is 4. The van der Waals surface area contributed by atoms with Gasteiger partial charge in [0.15, 0.2) is 0 Å². The van der Waals surface area contributed by atoms with Crippen LogP contribution < -0.4 is 0 Å². The lowest BCUT2D eigenvalue weighted by molar-refractivity contribution is 0.869. The van der Waals surface area contributed by atoms with Crippen LogP contribution in [0.15, 0.2) is 91.0 Å². The van der Waals surface area contributed by atoms with Crippen LogP contribution in [0.25, 0.3) is 33.0 Å². The molecule has 4 aromatic rings. The summed E-state index contributed by atoms with van der Waals surface area (Å²) in [5.74, 6) is 0.470. The first-order chi connectivity index (χ1) is 12.3. The van der Waals surface area contributed by atoms with Crippen LogP contribution in [0.4, 0.5) is 0 Å². The Morgan fingerprint density at radius 3 is 2.00 bits per heavy atom. The summed E-state index contributed by atoms with van der Waals surface area (Å²) in [5.41, 5.74) is 6.66. The van der Waals surface area contributed by atoms with E-state index in [2.05, 4.69) is 105 Å². The Bertz CT molecular complexity index is 1010. The van der Waals surface area contributed by atoms with E-state index >= 15 is 0 Å². The van der Waals surface area contributed by atoms with Gasteiger partial charge in [0.1, 0.15) is 0 Å². The first-order valence-electron chi connectivity index (χ1n) is 8.92. The highest BCUT2D eigenvalue weighted by atomic mass is 14.2. The Labute approximate surface area is 149 Å². The molecule has 4 rings (SSSR count). The molecule has 0 radical (unpaired) electrons. The quantitative estimate of drug-likeness (QED) is 0.371. The minimum atomic E-state index is 0.470. The van der Waals surface area contributed by atoms with Crippen LogP contribution in [0.1, 0.15) is 25.3 Å². The van der Waals surface area contributed by atoms with Gasteiger partial charge in [0.25, 0.3) is 0 Å². The lowest BCUT2D eigenvalue weighted by Crippen LogP contribution is -1.96. The summed E-state index contributed by atoms with van der Waals surface area (Å²) in [5, 5.41) is 2.60. The summed E-state index contributed by atoms with van der Waals surface area (Å²) in [6.45, 7) is 4.55. The van der Waals surface area contributed by atoms with E-state index in [1.807, 2.05) is 0 Å². The molecule has 0 heteroatoms. The topological polar surface area (TPSA) is 0 Å². The molecule has 4 aromatic carbocycles. The Balaban J connectivity index is 2.09. The standard InChI is InChI=1S/C25H22/c1-18(2)21-15-9-16-23(20-10-4-3-5-11-20)25(21)24-17-8-13-19-12-6-7-14-22(19)24/h3-18H,1-2H3. The van der Waals surface area contributed by atoms with Crippen LogP contribution >= 0.6 is 0 Å². The second-order valence-electron chi connectivity index (χ2n) is 6.82. The second-order valence-corrected chi connectivity index (χ2v) is 6.82. The third-order valence-corrected chi connectivity index (χ3v) is 4.86. The lowest BCUT2D eigenvalue weighted by Gasteiger charge is -2.19. The third-order valence-electron chi connectivity index (χ3n) is 4.86. The summed E-state index contributed by atoms with van der Waals surface area (Å²) < 4.78 is 0. The van der Waals surface area contributed by atoms with Crippen LogP contribution in [-0.2, 0) is 0 Å². The van der Waals surface area contributed by atoms with Crippen molar-refractivity contribution >= 4 is 10.8 Å². The van der Waals surface area contributed by atoms with Crippen molar-refractivity contribution in [1.82, 2.24) is 0 Å². The van der Waals surface area contributed by atoms with Gasteiger partial charge >= 0.3 is 0 Å². The van der Waals surface area contributed by atoms with Gasteiger partial charge in [0.2, 0.25) is 0 Å². The van der Waals surface area contributed by atoms with Crippen molar-refractivity contribution < 1.29 is 0 Å². The molecular formula is C25H22. The molecule has 0 aromatic heterocycles. The fourth-order valence-electron chi connectivity index (χ4n) is 3.65. The van der Waals surface area contributed by atoms with E-state index in [0.29, 0.717) is 5.92 Å². The molecule has 0 amide bonds. The normalized spacial score (nSPS) is 11.2. The Morgan fingerprint density at radius 2 is 1.20 bits per heavy atom. The van der Waals surface area contributed by atoms with E-state index in [4.69, 9.17) is 0 Å². The zero-order valence-corrected chi connectivity index (χ0v) is 14.7. The van der Waals surface area contributed by atoms with Crippen LogP contribution in [0.3, 0.4) is 0 Å². The second kappa shape index (κ2) is 6.57. The van der Waals surface area contributed by atoms with E-state index in [-0.39, 0.29) is 0 Å². The average Bonchev–Trinajstić information content (AvgIpc) is 2.67. The van der Waals surface area contributed by atoms with E-state index < -0.39 is 0 Å². The van der Waals surface area contributed by atoms with Crippen molar-refractivity contribution in [3.05, 3.63) is 96.6 Å². The van der Waals surface area contributed by atoms with Crippen LogP contribution in [0, 0.1) is 0 Å². The Hall–Kier alpha value is -2.86. The molecule has 0 saturated carbocycles. The van der Waals surface area contributed by atoms with Gasteiger partial charge in [-0.15, -0.1) is 0 Å². The van der Waals surface area contributed by atoms with Gasteiger partial charge in [-0.1, -0.05) is 105 Å². The van der Waals surface area contributed by atoms with E-state index in [1.54, 1.807) is 0 Å². The summed E-state index contributed by atoms with van der Waals surface area (Å²) in [4.78, 5) is 0. The molecule has 25 heavy (non-hydrogen) atoms. The van der Waals surface area contributed by atoms with Gasteiger partial charge in [0, 0.05) is 0 Å².